The summed E-state index contributed by atoms with van der Waals surface area (Å²) in [7, 11) is 1.68. The topological polar surface area (TPSA) is 68.0 Å². The van der Waals surface area contributed by atoms with Crippen LogP contribution in [0.1, 0.15) is 32.4 Å². The van der Waals surface area contributed by atoms with Crippen LogP contribution >= 0.6 is 12.2 Å². The summed E-state index contributed by atoms with van der Waals surface area (Å²) in [5, 5.41) is 18.8. The van der Waals surface area contributed by atoms with Crippen molar-refractivity contribution in [2.45, 2.75) is 33.2 Å². The zero-order valence-electron chi connectivity index (χ0n) is 16.9. The van der Waals surface area contributed by atoms with E-state index in [1.807, 2.05) is 28.8 Å². The molecule has 0 radical (unpaired) electrons. The van der Waals surface area contributed by atoms with E-state index in [0.29, 0.717) is 16.2 Å². The van der Waals surface area contributed by atoms with E-state index in [1.54, 1.807) is 13.2 Å². The number of hydrogen-bond acceptors (Lipinski definition) is 4. The van der Waals surface area contributed by atoms with Gasteiger partial charge >= 0.3 is 0 Å². The van der Waals surface area contributed by atoms with Crippen LogP contribution in [-0.2, 0) is 6.42 Å². The summed E-state index contributed by atoms with van der Waals surface area (Å²) < 4.78 is 10.1. The number of fused-ring (bicyclic) bond motifs is 1. The lowest BCUT2D eigenvalue weighted by Crippen LogP contribution is -2.03. The molecule has 0 aliphatic rings. The minimum atomic E-state index is 0.168. The molecule has 2 aromatic carbocycles. The third-order valence-corrected chi connectivity index (χ3v) is 5.49. The van der Waals surface area contributed by atoms with Crippen molar-refractivity contribution in [3.8, 4) is 28.6 Å². The molecule has 0 fully saturated rings. The normalized spacial score (nSPS) is 11.5. The number of H-pyrrole nitrogens is 1. The summed E-state index contributed by atoms with van der Waals surface area (Å²) >= 11 is 5.57. The number of phenolic OH excluding ortho intramolecular Hbond substituents is 1. The molecule has 0 saturated heterocycles. The molecule has 0 spiro atoms. The molecule has 6 nitrogen and oxygen atoms in total. The van der Waals surface area contributed by atoms with E-state index >= 15 is 0 Å². The molecule has 0 aliphatic heterocycles. The number of aromatic amines is 1. The van der Waals surface area contributed by atoms with Gasteiger partial charge in [-0.1, -0.05) is 13.0 Å². The van der Waals surface area contributed by atoms with Crippen molar-refractivity contribution in [2.75, 3.05) is 7.11 Å². The fraction of sp³-hybridized carbons (Fsp3) is 0.273. The fourth-order valence-corrected chi connectivity index (χ4v) is 3.94. The van der Waals surface area contributed by atoms with Gasteiger partial charge in [0, 0.05) is 17.6 Å². The molecule has 0 amide bonds. The molecule has 150 valence electrons. The van der Waals surface area contributed by atoms with Crippen molar-refractivity contribution in [3.63, 3.8) is 0 Å². The van der Waals surface area contributed by atoms with Gasteiger partial charge in [-0.25, -0.2) is 0 Å². The van der Waals surface area contributed by atoms with Crippen LogP contribution in [0.3, 0.4) is 0 Å². The highest BCUT2D eigenvalue weighted by Gasteiger charge is 2.19. The molecule has 7 heteroatoms. The summed E-state index contributed by atoms with van der Waals surface area (Å²) in [6.07, 6.45) is 2.92. The lowest BCUT2D eigenvalue weighted by atomic mass is 10.1. The molecule has 0 saturated carbocycles. The van der Waals surface area contributed by atoms with Crippen LogP contribution in [0, 0.1) is 4.77 Å². The van der Waals surface area contributed by atoms with Gasteiger partial charge in [-0.15, -0.1) is 0 Å². The van der Waals surface area contributed by atoms with Gasteiger partial charge in [-0.2, -0.15) is 5.10 Å². The molecule has 4 rings (SSSR count). The Bertz CT molecular complexity index is 1250. The highest BCUT2D eigenvalue weighted by atomic mass is 32.1. The van der Waals surface area contributed by atoms with E-state index in [1.165, 1.54) is 0 Å². The van der Waals surface area contributed by atoms with Crippen LogP contribution in [-0.4, -0.2) is 31.5 Å². The SMILES string of the molecule is CCc1ccc(O)c(-c2n[nH]c(=S)n2-c2ccc(OC)c3c2ccn3C(C)C)c1. The zero-order chi connectivity index (χ0) is 20.7. The summed E-state index contributed by atoms with van der Waals surface area (Å²) in [5.41, 5.74) is 3.64. The first kappa shape index (κ1) is 19.3. The first-order chi connectivity index (χ1) is 14.0. The first-order valence-electron chi connectivity index (χ1n) is 9.63. The molecule has 4 aromatic rings. The molecule has 0 atom stereocenters. The maximum atomic E-state index is 10.5. The number of aromatic hydroxyl groups is 1. The van der Waals surface area contributed by atoms with Gasteiger partial charge in [-0.3, -0.25) is 9.67 Å². The molecular formula is C22H24N4O2S. The third kappa shape index (κ3) is 3.11. The number of methoxy groups -OCH3 is 1. The Morgan fingerprint density at radius 3 is 2.69 bits per heavy atom. The minimum Gasteiger partial charge on any atom is -0.507 e. The Balaban J connectivity index is 2.02. The number of rotatable bonds is 5. The second kappa shape index (κ2) is 7.40. The van der Waals surface area contributed by atoms with E-state index in [0.717, 1.165) is 34.3 Å². The van der Waals surface area contributed by atoms with E-state index in [-0.39, 0.29) is 11.8 Å². The maximum Gasteiger partial charge on any atom is 0.200 e. The standard InChI is InChI=1S/C22H24N4O2S/c1-5-14-6-8-18(27)16(12-14)21-23-24-22(29)26(21)17-7-9-19(28-4)20-15(17)10-11-25(20)13(2)3/h6-13,27H,5H2,1-4H3,(H,24,29). The quantitative estimate of drug-likeness (QED) is 0.433. The van der Waals surface area contributed by atoms with Crippen LogP contribution in [0.15, 0.2) is 42.6 Å². The number of aromatic nitrogens is 4. The number of aryl methyl sites for hydroxylation is 1. The largest absolute Gasteiger partial charge is 0.507 e. The Morgan fingerprint density at radius 1 is 1.21 bits per heavy atom. The van der Waals surface area contributed by atoms with Gasteiger partial charge in [0.2, 0.25) is 0 Å². The lowest BCUT2D eigenvalue weighted by Gasteiger charge is -2.15. The lowest BCUT2D eigenvalue weighted by molar-refractivity contribution is 0.416. The molecule has 2 N–H and O–H groups in total. The second-order valence-corrected chi connectivity index (χ2v) is 7.65. The molecule has 0 unspecified atom stereocenters. The highest BCUT2D eigenvalue weighted by molar-refractivity contribution is 7.71. The van der Waals surface area contributed by atoms with Crippen molar-refractivity contribution in [1.82, 2.24) is 19.3 Å². The van der Waals surface area contributed by atoms with Gasteiger partial charge in [-0.05, 0) is 68.4 Å². The molecule has 0 bridgehead atoms. The average Bonchev–Trinajstić information content (AvgIpc) is 3.32. The minimum absolute atomic E-state index is 0.168. The van der Waals surface area contributed by atoms with E-state index < -0.39 is 0 Å². The number of nitrogens with one attached hydrogen (secondary N) is 1. The monoisotopic (exact) mass is 408 g/mol. The van der Waals surface area contributed by atoms with Gasteiger partial charge < -0.3 is 14.4 Å². The number of benzene rings is 2. The van der Waals surface area contributed by atoms with Crippen molar-refractivity contribution in [2.24, 2.45) is 0 Å². The number of hydrogen-bond donors (Lipinski definition) is 2. The Hall–Kier alpha value is -3.06. The predicted molar refractivity (Wildman–Crippen MR) is 118 cm³/mol. The predicted octanol–water partition coefficient (Wildman–Crippen LogP) is 5.41. The van der Waals surface area contributed by atoms with Crippen LogP contribution in [0.25, 0.3) is 28.0 Å². The van der Waals surface area contributed by atoms with Crippen molar-refractivity contribution >= 4 is 23.1 Å². The summed E-state index contributed by atoms with van der Waals surface area (Å²) in [5.74, 6) is 1.54. The molecule has 29 heavy (non-hydrogen) atoms. The molecule has 2 heterocycles. The van der Waals surface area contributed by atoms with Crippen LogP contribution in [0.2, 0.25) is 0 Å². The molecule has 2 aromatic heterocycles. The Morgan fingerprint density at radius 2 is 2.00 bits per heavy atom. The summed E-state index contributed by atoms with van der Waals surface area (Å²) in [6.45, 7) is 6.35. The van der Waals surface area contributed by atoms with Gasteiger partial charge in [0.1, 0.15) is 11.5 Å². The zero-order valence-corrected chi connectivity index (χ0v) is 17.7. The van der Waals surface area contributed by atoms with Crippen molar-refractivity contribution in [1.29, 1.82) is 0 Å². The van der Waals surface area contributed by atoms with Gasteiger partial charge in [0.05, 0.1) is 23.9 Å². The second-order valence-electron chi connectivity index (χ2n) is 7.26. The smallest absolute Gasteiger partial charge is 0.200 e. The van der Waals surface area contributed by atoms with Crippen LogP contribution in [0.5, 0.6) is 11.5 Å². The van der Waals surface area contributed by atoms with E-state index in [2.05, 4.69) is 47.8 Å². The van der Waals surface area contributed by atoms with E-state index in [4.69, 9.17) is 17.0 Å². The fourth-order valence-electron chi connectivity index (χ4n) is 3.71. The molecular weight excluding hydrogens is 384 g/mol. The van der Waals surface area contributed by atoms with Gasteiger partial charge in [0.25, 0.3) is 0 Å². The van der Waals surface area contributed by atoms with Crippen LogP contribution in [0.4, 0.5) is 0 Å². The number of nitrogens with zero attached hydrogens (tertiary/aromatic N) is 3. The van der Waals surface area contributed by atoms with Crippen molar-refractivity contribution < 1.29 is 9.84 Å². The van der Waals surface area contributed by atoms with Crippen molar-refractivity contribution in [3.05, 3.63) is 52.9 Å². The maximum absolute atomic E-state index is 10.5. The molecule has 0 aliphatic carbocycles. The summed E-state index contributed by atoms with van der Waals surface area (Å²) in [4.78, 5) is 0. The summed E-state index contributed by atoms with van der Waals surface area (Å²) in [6, 6.07) is 11.8. The van der Waals surface area contributed by atoms with Crippen LogP contribution < -0.4 is 4.74 Å². The van der Waals surface area contributed by atoms with E-state index in [9.17, 15) is 5.11 Å². The van der Waals surface area contributed by atoms with Gasteiger partial charge in [0.15, 0.2) is 10.6 Å². The number of ether oxygens (including phenoxy) is 1. The Labute approximate surface area is 174 Å². The average molecular weight is 409 g/mol. The Kier molecular flexibility index (Phi) is 4.92. The highest BCUT2D eigenvalue weighted by Crippen LogP contribution is 2.36. The third-order valence-electron chi connectivity index (χ3n) is 5.22. The first-order valence-corrected chi connectivity index (χ1v) is 10.0. The number of phenols is 1.